The quantitative estimate of drug-likeness (QED) is 0.907. The highest BCUT2D eigenvalue weighted by Crippen LogP contribution is 2.18. The molecular formula is C17H23N3. The second-order valence-electron chi connectivity index (χ2n) is 5.73. The van der Waals surface area contributed by atoms with Crippen LogP contribution in [0.3, 0.4) is 0 Å². The minimum absolute atomic E-state index is 0.361. The van der Waals surface area contributed by atoms with Gasteiger partial charge in [0.05, 0.1) is 11.2 Å². The summed E-state index contributed by atoms with van der Waals surface area (Å²) in [5.74, 6) is 0. The number of hydrogen-bond acceptors (Lipinski definition) is 3. The van der Waals surface area contributed by atoms with E-state index in [2.05, 4.69) is 42.1 Å². The summed E-state index contributed by atoms with van der Waals surface area (Å²) in [5, 5.41) is 0. The lowest BCUT2D eigenvalue weighted by molar-refractivity contribution is 0.250. The number of rotatable bonds is 5. The van der Waals surface area contributed by atoms with Crippen molar-refractivity contribution in [2.24, 2.45) is 5.73 Å². The van der Waals surface area contributed by atoms with Crippen molar-refractivity contribution in [3.63, 3.8) is 0 Å². The molecule has 1 unspecified atom stereocenters. The third kappa shape index (κ3) is 3.89. The predicted molar refractivity (Wildman–Crippen MR) is 83.3 cm³/mol. The zero-order chi connectivity index (χ0) is 14.6. The molecule has 106 valence electrons. The number of hydrogen-bond donors (Lipinski definition) is 1. The largest absolute Gasteiger partial charge is 0.321 e. The smallest absolute Gasteiger partial charge is 0.0547 e. The Morgan fingerprint density at radius 3 is 2.45 bits per heavy atom. The van der Waals surface area contributed by atoms with E-state index in [1.165, 1.54) is 0 Å². The van der Waals surface area contributed by atoms with Crippen molar-refractivity contribution in [3.05, 3.63) is 65.5 Å². The third-order valence-electron chi connectivity index (χ3n) is 3.41. The van der Waals surface area contributed by atoms with Crippen LogP contribution in [-0.2, 0) is 12.1 Å². The maximum absolute atomic E-state index is 6.46. The lowest BCUT2D eigenvalue weighted by atomic mass is 9.93. The van der Waals surface area contributed by atoms with Gasteiger partial charge >= 0.3 is 0 Å². The Bertz CT molecular complexity index is 549. The zero-order valence-electron chi connectivity index (χ0n) is 12.5. The average Bonchev–Trinajstić information content (AvgIpc) is 2.39. The maximum atomic E-state index is 6.46. The van der Waals surface area contributed by atoms with Gasteiger partial charge in [0.15, 0.2) is 0 Å². The van der Waals surface area contributed by atoms with Crippen molar-refractivity contribution in [3.8, 4) is 0 Å². The normalized spacial score (nSPS) is 14.2. The Balaban J connectivity index is 2.02. The highest BCUT2D eigenvalue weighted by Gasteiger charge is 2.22. The fraction of sp³-hybridized carbons (Fsp3) is 0.353. The van der Waals surface area contributed by atoms with Crippen LogP contribution in [0.2, 0.25) is 0 Å². The van der Waals surface area contributed by atoms with E-state index in [0.717, 1.165) is 30.0 Å². The summed E-state index contributed by atoms with van der Waals surface area (Å²) in [6.07, 6.45) is 0. The maximum Gasteiger partial charge on any atom is 0.0547 e. The average molecular weight is 269 g/mol. The highest BCUT2D eigenvalue weighted by atomic mass is 15.1. The molecule has 0 amide bonds. The van der Waals surface area contributed by atoms with Gasteiger partial charge in [-0.05, 0) is 38.6 Å². The Kier molecular flexibility index (Phi) is 4.53. The van der Waals surface area contributed by atoms with E-state index in [-0.39, 0.29) is 5.54 Å². The van der Waals surface area contributed by atoms with Crippen molar-refractivity contribution in [2.45, 2.75) is 25.9 Å². The van der Waals surface area contributed by atoms with Gasteiger partial charge in [0.1, 0.15) is 0 Å². The molecule has 0 aliphatic rings. The molecular weight excluding hydrogens is 246 g/mol. The summed E-state index contributed by atoms with van der Waals surface area (Å²) in [6, 6.07) is 16.4. The molecule has 1 aromatic carbocycles. The van der Waals surface area contributed by atoms with E-state index in [4.69, 9.17) is 5.73 Å². The van der Waals surface area contributed by atoms with Crippen LogP contribution in [0.1, 0.15) is 23.9 Å². The van der Waals surface area contributed by atoms with Gasteiger partial charge < -0.3 is 5.73 Å². The van der Waals surface area contributed by atoms with Crippen LogP contribution in [0.25, 0.3) is 0 Å². The molecule has 3 nitrogen and oxygen atoms in total. The molecule has 0 aliphatic carbocycles. The van der Waals surface area contributed by atoms with E-state index >= 15 is 0 Å². The summed E-state index contributed by atoms with van der Waals surface area (Å²) in [4.78, 5) is 6.75. The van der Waals surface area contributed by atoms with E-state index in [1.54, 1.807) is 0 Å². The lowest BCUT2D eigenvalue weighted by Gasteiger charge is -2.30. The summed E-state index contributed by atoms with van der Waals surface area (Å²) < 4.78 is 0. The summed E-state index contributed by atoms with van der Waals surface area (Å²) in [5.41, 5.74) is 9.39. The van der Waals surface area contributed by atoms with Gasteiger partial charge in [-0.1, -0.05) is 36.4 Å². The minimum atomic E-state index is -0.361. The Morgan fingerprint density at radius 2 is 1.80 bits per heavy atom. The van der Waals surface area contributed by atoms with Crippen molar-refractivity contribution in [2.75, 3.05) is 13.6 Å². The molecule has 0 saturated carbocycles. The van der Waals surface area contributed by atoms with Gasteiger partial charge in [-0.3, -0.25) is 9.88 Å². The first kappa shape index (κ1) is 14.7. The molecule has 0 aliphatic heterocycles. The van der Waals surface area contributed by atoms with Gasteiger partial charge in [0.25, 0.3) is 0 Å². The number of nitrogens with two attached hydrogens (primary N) is 1. The predicted octanol–water partition coefficient (Wildman–Crippen LogP) is 2.70. The Hall–Kier alpha value is -1.71. The molecule has 0 bridgehead atoms. The number of aromatic nitrogens is 1. The number of benzene rings is 1. The molecule has 2 rings (SSSR count). The van der Waals surface area contributed by atoms with E-state index in [1.807, 2.05) is 37.3 Å². The van der Waals surface area contributed by atoms with Gasteiger partial charge in [0.2, 0.25) is 0 Å². The van der Waals surface area contributed by atoms with Gasteiger partial charge in [-0.25, -0.2) is 0 Å². The number of aryl methyl sites for hydroxylation is 1. The van der Waals surface area contributed by atoms with Crippen molar-refractivity contribution in [1.82, 2.24) is 9.88 Å². The fourth-order valence-corrected chi connectivity index (χ4v) is 2.49. The number of pyridine rings is 1. The number of likely N-dealkylation sites (N-methyl/N-ethyl adjacent to an activating group) is 1. The first-order valence-electron chi connectivity index (χ1n) is 6.93. The monoisotopic (exact) mass is 269 g/mol. The molecule has 0 saturated heterocycles. The molecule has 0 radical (unpaired) electrons. The summed E-state index contributed by atoms with van der Waals surface area (Å²) in [6.45, 7) is 5.68. The summed E-state index contributed by atoms with van der Waals surface area (Å²) in [7, 11) is 2.08. The van der Waals surface area contributed by atoms with Crippen LogP contribution >= 0.6 is 0 Å². The molecule has 1 atom stereocenters. The fourth-order valence-electron chi connectivity index (χ4n) is 2.49. The Morgan fingerprint density at radius 1 is 1.10 bits per heavy atom. The van der Waals surface area contributed by atoms with Crippen molar-refractivity contribution in [1.29, 1.82) is 0 Å². The molecule has 3 heteroatoms. The van der Waals surface area contributed by atoms with Crippen molar-refractivity contribution < 1.29 is 0 Å². The molecule has 2 N–H and O–H groups in total. The SMILES string of the molecule is Cc1cccc(CN(C)CC(C)(N)c2ccccc2)n1. The molecule has 0 spiro atoms. The van der Waals surface area contributed by atoms with Gasteiger partial charge in [-0.2, -0.15) is 0 Å². The first-order valence-corrected chi connectivity index (χ1v) is 6.93. The lowest BCUT2D eigenvalue weighted by Crippen LogP contribution is -2.43. The molecule has 0 fully saturated rings. The minimum Gasteiger partial charge on any atom is -0.321 e. The van der Waals surface area contributed by atoms with Crippen LogP contribution in [-0.4, -0.2) is 23.5 Å². The van der Waals surface area contributed by atoms with E-state index in [9.17, 15) is 0 Å². The van der Waals surface area contributed by atoms with Crippen molar-refractivity contribution >= 4 is 0 Å². The third-order valence-corrected chi connectivity index (χ3v) is 3.41. The van der Waals surface area contributed by atoms with Crippen LogP contribution in [0, 0.1) is 6.92 Å². The molecule has 20 heavy (non-hydrogen) atoms. The number of nitrogens with zero attached hydrogens (tertiary/aromatic N) is 2. The second-order valence-corrected chi connectivity index (χ2v) is 5.73. The first-order chi connectivity index (χ1) is 9.47. The molecule has 1 aromatic heterocycles. The second kappa shape index (κ2) is 6.16. The Labute approximate surface area is 121 Å². The molecule has 1 heterocycles. The van der Waals surface area contributed by atoms with Crippen LogP contribution < -0.4 is 5.73 Å². The van der Waals surface area contributed by atoms with Crippen LogP contribution in [0.5, 0.6) is 0 Å². The van der Waals surface area contributed by atoms with Gasteiger partial charge in [-0.15, -0.1) is 0 Å². The summed E-state index contributed by atoms with van der Waals surface area (Å²) >= 11 is 0. The zero-order valence-corrected chi connectivity index (χ0v) is 12.5. The van der Waals surface area contributed by atoms with Crippen LogP contribution in [0.15, 0.2) is 48.5 Å². The van der Waals surface area contributed by atoms with Crippen LogP contribution in [0.4, 0.5) is 0 Å². The topological polar surface area (TPSA) is 42.1 Å². The molecule has 2 aromatic rings. The van der Waals surface area contributed by atoms with E-state index < -0.39 is 0 Å². The van der Waals surface area contributed by atoms with Gasteiger partial charge in [0, 0.05) is 18.8 Å². The highest BCUT2D eigenvalue weighted by molar-refractivity contribution is 5.23. The van der Waals surface area contributed by atoms with E-state index in [0.29, 0.717) is 0 Å². The standard InChI is InChI=1S/C17H23N3/c1-14-8-7-11-16(19-14)12-20(3)13-17(2,18)15-9-5-4-6-10-15/h4-11H,12-13,18H2,1-3H3.